The summed E-state index contributed by atoms with van der Waals surface area (Å²) in [5, 5.41) is 3.39. The summed E-state index contributed by atoms with van der Waals surface area (Å²) in [6.07, 6.45) is 0.551. The molecule has 94 valence electrons. The van der Waals surface area contributed by atoms with E-state index in [4.69, 9.17) is 0 Å². The first kappa shape index (κ1) is 12.6. The molecule has 4 heteroatoms. The topological polar surface area (TPSA) is 32.3 Å². The number of carbonyl (C=O) groups excluding carboxylic acids is 1. The second-order valence-electron chi connectivity index (χ2n) is 4.76. The molecule has 2 unspecified atom stereocenters. The van der Waals surface area contributed by atoms with Crippen molar-refractivity contribution in [2.75, 3.05) is 13.1 Å². The van der Waals surface area contributed by atoms with Crippen molar-refractivity contribution in [1.82, 2.24) is 10.2 Å². The van der Waals surface area contributed by atoms with E-state index in [1.165, 1.54) is 9.75 Å². The largest absolute Gasteiger partial charge is 0.337 e. The molecule has 1 N–H and O–H groups in total. The van der Waals surface area contributed by atoms with Gasteiger partial charge in [0.25, 0.3) is 0 Å². The number of nitrogens with zero attached hydrogens (tertiary/aromatic N) is 1. The fourth-order valence-corrected chi connectivity index (χ4v) is 3.12. The summed E-state index contributed by atoms with van der Waals surface area (Å²) in [5.74, 6) is 0.257. The molecule has 1 aromatic rings. The molecule has 1 aromatic heterocycles. The third kappa shape index (κ3) is 2.87. The summed E-state index contributed by atoms with van der Waals surface area (Å²) in [5.41, 5.74) is 0. The first-order chi connectivity index (χ1) is 8.08. The van der Waals surface area contributed by atoms with Crippen LogP contribution in [0.5, 0.6) is 0 Å². The minimum atomic E-state index is 0.257. The summed E-state index contributed by atoms with van der Waals surface area (Å²) >= 11 is 1.72. The van der Waals surface area contributed by atoms with E-state index in [1.807, 2.05) is 4.90 Å². The molecule has 1 amide bonds. The Hall–Kier alpha value is -0.870. The van der Waals surface area contributed by atoms with Crippen LogP contribution < -0.4 is 5.32 Å². The van der Waals surface area contributed by atoms with Gasteiger partial charge in [0, 0.05) is 34.9 Å². The Balaban J connectivity index is 1.99. The van der Waals surface area contributed by atoms with E-state index in [1.54, 1.807) is 11.3 Å². The van der Waals surface area contributed by atoms with Crippen LogP contribution in [0, 0.1) is 6.92 Å². The SMILES string of the molecule is Cc1ccc(CC(=O)N2CCNC(C)C2C)s1. The van der Waals surface area contributed by atoms with E-state index in [0.29, 0.717) is 12.5 Å². The lowest BCUT2D eigenvalue weighted by atomic mass is 10.1. The lowest BCUT2D eigenvalue weighted by Gasteiger charge is -2.38. The van der Waals surface area contributed by atoms with Gasteiger partial charge in [-0.3, -0.25) is 4.79 Å². The van der Waals surface area contributed by atoms with Crippen molar-refractivity contribution in [3.8, 4) is 0 Å². The number of thiophene rings is 1. The number of hydrogen-bond acceptors (Lipinski definition) is 3. The van der Waals surface area contributed by atoms with Crippen molar-refractivity contribution in [2.45, 2.75) is 39.3 Å². The van der Waals surface area contributed by atoms with Crippen LogP contribution in [0.15, 0.2) is 12.1 Å². The van der Waals surface area contributed by atoms with Gasteiger partial charge < -0.3 is 10.2 Å². The predicted octanol–water partition coefficient (Wildman–Crippen LogP) is 1.81. The minimum absolute atomic E-state index is 0.257. The van der Waals surface area contributed by atoms with Gasteiger partial charge in [-0.2, -0.15) is 0 Å². The van der Waals surface area contributed by atoms with Gasteiger partial charge in [-0.05, 0) is 32.9 Å². The average molecular weight is 252 g/mol. The molecule has 0 radical (unpaired) electrons. The van der Waals surface area contributed by atoms with Crippen molar-refractivity contribution in [2.24, 2.45) is 0 Å². The molecule has 1 aliphatic heterocycles. The zero-order valence-electron chi connectivity index (χ0n) is 10.7. The monoisotopic (exact) mass is 252 g/mol. The Kier molecular flexibility index (Phi) is 3.84. The Morgan fingerprint density at radius 3 is 2.94 bits per heavy atom. The molecule has 17 heavy (non-hydrogen) atoms. The van der Waals surface area contributed by atoms with E-state index in [0.717, 1.165) is 13.1 Å². The first-order valence-electron chi connectivity index (χ1n) is 6.16. The van der Waals surface area contributed by atoms with Crippen LogP contribution in [0.25, 0.3) is 0 Å². The van der Waals surface area contributed by atoms with E-state index >= 15 is 0 Å². The summed E-state index contributed by atoms with van der Waals surface area (Å²) in [4.78, 5) is 16.7. The molecule has 0 spiro atoms. The molecule has 0 aromatic carbocycles. The molecule has 0 bridgehead atoms. The number of carbonyl (C=O) groups is 1. The quantitative estimate of drug-likeness (QED) is 0.870. The average Bonchev–Trinajstić information content (AvgIpc) is 2.68. The number of nitrogens with one attached hydrogen (secondary N) is 1. The molecule has 1 saturated heterocycles. The Bertz CT molecular complexity index is 402. The van der Waals surface area contributed by atoms with Crippen LogP contribution in [0.3, 0.4) is 0 Å². The van der Waals surface area contributed by atoms with Gasteiger partial charge in [0.1, 0.15) is 0 Å². The van der Waals surface area contributed by atoms with E-state index in [9.17, 15) is 4.79 Å². The van der Waals surface area contributed by atoms with Gasteiger partial charge in [-0.15, -0.1) is 11.3 Å². The second-order valence-corrected chi connectivity index (χ2v) is 6.13. The third-order valence-electron chi connectivity index (χ3n) is 3.48. The summed E-state index contributed by atoms with van der Waals surface area (Å²) < 4.78 is 0. The summed E-state index contributed by atoms with van der Waals surface area (Å²) in [6.45, 7) is 8.07. The highest BCUT2D eigenvalue weighted by atomic mass is 32.1. The summed E-state index contributed by atoms with van der Waals surface area (Å²) in [6, 6.07) is 4.82. The number of piperazine rings is 1. The predicted molar refractivity (Wildman–Crippen MR) is 71.4 cm³/mol. The maximum absolute atomic E-state index is 12.2. The number of rotatable bonds is 2. The zero-order chi connectivity index (χ0) is 12.4. The number of amides is 1. The highest BCUT2D eigenvalue weighted by Crippen LogP contribution is 2.18. The Morgan fingerprint density at radius 1 is 1.53 bits per heavy atom. The normalized spacial score (nSPS) is 25.0. The lowest BCUT2D eigenvalue weighted by Crippen LogP contribution is -2.57. The van der Waals surface area contributed by atoms with E-state index in [-0.39, 0.29) is 11.9 Å². The molecule has 2 heterocycles. The van der Waals surface area contributed by atoms with Gasteiger partial charge in [-0.25, -0.2) is 0 Å². The van der Waals surface area contributed by atoms with Crippen LogP contribution in [0.1, 0.15) is 23.6 Å². The number of hydrogen-bond donors (Lipinski definition) is 1. The number of aryl methyl sites for hydroxylation is 1. The van der Waals surface area contributed by atoms with Crippen molar-refractivity contribution >= 4 is 17.2 Å². The van der Waals surface area contributed by atoms with Gasteiger partial charge in [-0.1, -0.05) is 0 Å². The molecule has 3 nitrogen and oxygen atoms in total. The van der Waals surface area contributed by atoms with Crippen LogP contribution in [-0.4, -0.2) is 36.0 Å². The van der Waals surface area contributed by atoms with Gasteiger partial charge in [0.05, 0.1) is 6.42 Å². The van der Waals surface area contributed by atoms with E-state index in [2.05, 4.69) is 38.2 Å². The maximum Gasteiger partial charge on any atom is 0.228 e. The Morgan fingerprint density at radius 2 is 2.29 bits per heavy atom. The third-order valence-corrected chi connectivity index (χ3v) is 4.48. The smallest absolute Gasteiger partial charge is 0.228 e. The molecule has 1 fully saturated rings. The van der Waals surface area contributed by atoms with Crippen LogP contribution in [0.4, 0.5) is 0 Å². The molecular formula is C13H20N2OS. The van der Waals surface area contributed by atoms with Gasteiger partial charge in [0.15, 0.2) is 0 Å². The molecule has 2 atom stereocenters. The highest BCUT2D eigenvalue weighted by Gasteiger charge is 2.27. The molecule has 1 aliphatic rings. The zero-order valence-corrected chi connectivity index (χ0v) is 11.5. The second kappa shape index (κ2) is 5.19. The summed E-state index contributed by atoms with van der Waals surface area (Å²) in [7, 11) is 0. The van der Waals surface area contributed by atoms with Crippen molar-refractivity contribution in [1.29, 1.82) is 0 Å². The highest BCUT2D eigenvalue weighted by molar-refractivity contribution is 7.12. The lowest BCUT2D eigenvalue weighted by molar-refractivity contribution is -0.134. The molecule has 0 aliphatic carbocycles. The van der Waals surface area contributed by atoms with Gasteiger partial charge >= 0.3 is 0 Å². The minimum Gasteiger partial charge on any atom is -0.337 e. The van der Waals surface area contributed by atoms with Crippen molar-refractivity contribution in [3.05, 3.63) is 21.9 Å². The van der Waals surface area contributed by atoms with Crippen molar-refractivity contribution < 1.29 is 4.79 Å². The first-order valence-corrected chi connectivity index (χ1v) is 6.97. The molecule has 2 rings (SSSR count). The fraction of sp³-hybridized carbons (Fsp3) is 0.615. The Labute approximate surface area is 107 Å². The van der Waals surface area contributed by atoms with Gasteiger partial charge in [0.2, 0.25) is 5.91 Å². The standard InChI is InChI=1S/C13H20N2OS/c1-9-4-5-12(17-9)8-13(16)15-7-6-14-10(2)11(15)3/h4-5,10-11,14H,6-8H2,1-3H3. The van der Waals surface area contributed by atoms with Crippen molar-refractivity contribution in [3.63, 3.8) is 0 Å². The maximum atomic E-state index is 12.2. The van der Waals surface area contributed by atoms with Crippen LogP contribution in [0.2, 0.25) is 0 Å². The molecule has 0 saturated carbocycles. The van der Waals surface area contributed by atoms with E-state index < -0.39 is 0 Å². The molecular weight excluding hydrogens is 232 g/mol. The van der Waals surface area contributed by atoms with Crippen LogP contribution in [-0.2, 0) is 11.2 Å². The van der Waals surface area contributed by atoms with Crippen LogP contribution >= 0.6 is 11.3 Å². The fourth-order valence-electron chi connectivity index (χ4n) is 2.24.